The summed E-state index contributed by atoms with van der Waals surface area (Å²) in [5.74, 6) is 1.14. The molecule has 0 fully saturated rings. The predicted molar refractivity (Wildman–Crippen MR) is 62.6 cm³/mol. The lowest BCUT2D eigenvalue weighted by atomic mass is 10.2. The summed E-state index contributed by atoms with van der Waals surface area (Å²) in [5.41, 5.74) is 1.23. The second-order valence-electron chi connectivity index (χ2n) is 3.62. The van der Waals surface area contributed by atoms with Crippen LogP contribution < -0.4 is 5.32 Å². The van der Waals surface area contributed by atoms with Crippen LogP contribution in [0, 0.1) is 0 Å². The van der Waals surface area contributed by atoms with E-state index in [2.05, 4.69) is 36.6 Å². The molecule has 0 spiro atoms. The summed E-state index contributed by atoms with van der Waals surface area (Å²) in [6, 6.07) is 2.96. The molecule has 1 aromatic rings. The molecule has 0 saturated carbocycles. The maximum atomic E-state index is 4.16. The van der Waals surface area contributed by atoms with E-state index in [1.165, 1.54) is 5.69 Å². The van der Waals surface area contributed by atoms with Crippen molar-refractivity contribution in [2.24, 2.45) is 7.05 Å². The number of aromatic nitrogens is 2. The highest BCUT2D eigenvalue weighted by molar-refractivity contribution is 7.98. The van der Waals surface area contributed by atoms with Crippen molar-refractivity contribution in [2.45, 2.75) is 25.9 Å². The molecule has 0 bridgehead atoms. The fourth-order valence-electron chi connectivity index (χ4n) is 1.62. The highest BCUT2D eigenvalue weighted by atomic mass is 32.2. The van der Waals surface area contributed by atoms with E-state index >= 15 is 0 Å². The van der Waals surface area contributed by atoms with E-state index in [0.717, 1.165) is 5.75 Å². The molecule has 1 N–H and O–H groups in total. The van der Waals surface area contributed by atoms with Gasteiger partial charge in [-0.1, -0.05) is 0 Å². The molecular formula is C10H19N3S. The van der Waals surface area contributed by atoms with Gasteiger partial charge in [-0.2, -0.15) is 16.9 Å². The van der Waals surface area contributed by atoms with Crippen molar-refractivity contribution in [3.63, 3.8) is 0 Å². The molecular weight excluding hydrogens is 194 g/mol. The molecule has 2 unspecified atom stereocenters. The molecule has 1 heterocycles. The molecule has 4 heteroatoms. The summed E-state index contributed by atoms with van der Waals surface area (Å²) in [4.78, 5) is 0. The van der Waals surface area contributed by atoms with Gasteiger partial charge in [0.05, 0.1) is 5.69 Å². The molecule has 0 aliphatic heterocycles. The lowest BCUT2D eigenvalue weighted by molar-refractivity contribution is 0.483. The van der Waals surface area contributed by atoms with Crippen molar-refractivity contribution in [2.75, 3.05) is 12.0 Å². The van der Waals surface area contributed by atoms with Crippen LogP contribution in [0.15, 0.2) is 12.3 Å². The lowest BCUT2D eigenvalue weighted by Crippen LogP contribution is -2.31. The molecule has 3 nitrogen and oxygen atoms in total. The molecule has 14 heavy (non-hydrogen) atoms. The second kappa shape index (κ2) is 5.41. The Balaban J connectivity index is 2.50. The third kappa shape index (κ3) is 3.03. The molecule has 80 valence electrons. The van der Waals surface area contributed by atoms with Crippen molar-refractivity contribution in [1.82, 2.24) is 15.1 Å². The van der Waals surface area contributed by atoms with E-state index in [1.807, 2.05) is 29.7 Å². The molecule has 1 rings (SSSR count). The SMILES string of the molecule is CSCC(C)NC(C)c1ccnn1C. The van der Waals surface area contributed by atoms with Crippen LogP contribution in [-0.2, 0) is 7.05 Å². The Morgan fingerprint density at radius 2 is 2.29 bits per heavy atom. The summed E-state index contributed by atoms with van der Waals surface area (Å²) in [6.45, 7) is 4.39. The Hall–Kier alpha value is -0.480. The maximum absolute atomic E-state index is 4.16. The summed E-state index contributed by atoms with van der Waals surface area (Å²) in [5, 5.41) is 7.70. The van der Waals surface area contributed by atoms with Crippen LogP contribution in [0.5, 0.6) is 0 Å². The van der Waals surface area contributed by atoms with Gasteiger partial charge >= 0.3 is 0 Å². The third-order valence-corrected chi connectivity index (χ3v) is 3.09. The summed E-state index contributed by atoms with van der Waals surface area (Å²) >= 11 is 1.87. The zero-order valence-electron chi connectivity index (χ0n) is 9.32. The van der Waals surface area contributed by atoms with E-state index in [-0.39, 0.29) is 0 Å². The fraction of sp³-hybridized carbons (Fsp3) is 0.700. The summed E-state index contributed by atoms with van der Waals surface area (Å²) < 4.78 is 1.92. The number of hydrogen-bond donors (Lipinski definition) is 1. The third-order valence-electron chi connectivity index (χ3n) is 2.25. The van der Waals surface area contributed by atoms with Crippen LogP contribution in [-0.4, -0.2) is 27.8 Å². The van der Waals surface area contributed by atoms with E-state index in [0.29, 0.717) is 12.1 Å². The molecule has 0 saturated heterocycles. The molecule has 0 aliphatic rings. The van der Waals surface area contributed by atoms with Gasteiger partial charge in [0.1, 0.15) is 0 Å². The van der Waals surface area contributed by atoms with Crippen molar-refractivity contribution >= 4 is 11.8 Å². The van der Waals surface area contributed by atoms with Gasteiger partial charge in [-0.15, -0.1) is 0 Å². The average molecular weight is 213 g/mol. The topological polar surface area (TPSA) is 29.9 Å². The van der Waals surface area contributed by atoms with Crippen LogP contribution in [0.25, 0.3) is 0 Å². The highest BCUT2D eigenvalue weighted by Crippen LogP contribution is 2.11. The van der Waals surface area contributed by atoms with Gasteiger partial charge < -0.3 is 5.32 Å². The first-order valence-electron chi connectivity index (χ1n) is 4.88. The van der Waals surface area contributed by atoms with Gasteiger partial charge in [-0.05, 0) is 26.2 Å². The Labute approximate surface area is 90.3 Å². The first-order chi connectivity index (χ1) is 6.65. The van der Waals surface area contributed by atoms with Gasteiger partial charge in [-0.3, -0.25) is 4.68 Å². The van der Waals surface area contributed by atoms with Crippen LogP contribution in [0.3, 0.4) is 0 Å². The molecule has 2 atom stereocenters. The Morgan fingerprint density at radius 1 is 1.57 bits per heavy atom. The smallest absolute Gasteiger partial charge is 0.0547 e. The van der Waals surface area contributed by atoms with Crippen molar-refractivity contribution < 1.29 is 0 Å². The second-order valence-corrected chi connectivity index (χ2v) is 4.54. The fourth-order valence-corrected chi connectivity index (χ4v) is 2.22. The van der Waals surface area contributed by atoms with Crippen LogP contribution >= 0.6 is 11.8 Å². The monoisotopic (exact) mass is 213 g/mol. The number of rotatable bonds is 5. The molecule has 0 amide bonds. The van der Waals surface area contributed by atoms with Gasteiger partial charge in [0.15, 0.2) is 0 Å². The van der Waals surface area contributed by atoms with E-state index in [1.54, 1.807) is 0 Å². The largest absolute Gasteiger partial charge is 0.306 e. The van der Waals surface area contributed by atoms with E-state index in [9.17, 15) is 0 Å². The molecule has 0 aromatic carbocycles. The Bertz CT molecular complexity index is 272. The van der Waals surface area contributed by atoms with Crippen LogP contribution in [0.4, 0.5) is 0 Å². The Kier molecular flexibility index (Phi) is 4.48. The molecule has 0 radical (unpaired) electrons. The van der Waals surface area contributed by atoms with Gasteiger partial charge in [0.25, 0.3) is 0 Å². The number of thioether (sulfide) groups is 1. The minimum absolute atomic E-state index is 0.365. The van der Waals surface area contributed by atoms with Gasteiger partial charge in [0, 0.05) is 31.1 Å². The zero-order valence-corrected chi connectivity index (χ0v) is 10.1. The molecule has 0 aliphatic carbocycles. The van der Waals surface area contributed by atoms with Crippen molar-refractivity contribution in [3.05, 3.63) is 18.0 Å². The average Bonchev–Trinajstić information content (AvgIpc) is 2.51. The van der Waals surface area contributed by atoms with E-state index < -0.39 is 0 Å². The highest BCUT2D eigenvalue weighted by Gasteiger charge is 2.11. The lowest BCUT2D eigenvalue weighted by Gasteiger charge is -2.19. The number of nitrogens with zero attached hydrogens (tertiary/aromatic N) is 2. The maximum Gasteiger partial charge on any atom is 0.0547 e. The molecule has 1 aromatic heterocycles. The normalized spacial score (nSPS) is 15.4. The quantitative estimate of drug-likeness (QED) is 0.809. The first kappa shape index (κ1) is 11.6. The first-order valence-corrected chi connectivity index (χ1v) is 6.27. The van der Waals surface area contributed by atoms with E-state index in [4.69, 9.17) is 0 Å². The zero-order chi connectivity index (χ0) is 10.6. The van der Waals surface area contributed by atoms with Crippen molar-refractivity contribution in [1.29, 1.82) is 0 Å². The van der Waals surface area contributed by atoms with Crippen molar-refractivity contribution in [3.8, 4) is 0 Å². The Morgan fingerprint density at radius 3 is 2.79 bits per heavy atom. The van der Waals surface area contributed by atoms with Crippen LogP contribution in [0.2, 0.25) is 0 Å². The number of aryl methyl sites for hydroxylation is 1. The number of nitrogens with one attached hydrogen (secondary N) is 1. The summed E-state index contributed by atoms with van der Waals surface area (Å²) in [7, 11) is 1.98. The van der Waals surface area contributed by atoms with Gasteiger partial charge in [-0.25, -0.2) is 0 Å². The predicted octanol–water partition coefficient (Wildman–Crippen LogP) is 1.82. The van der Waals surface area contributed by atoms with Gasteiger partial charge in [0.2, 0.25) is 0 Å². The summed E-state index contributed by atoms with van der Waals surface area (Å²) in [6.07, 6.45) is 3.97. The minimum atomic E-state index is 0.365. The number of hydrogen-bond acceptors (Lipinski definition) is 3. The minimum Gasteiger partial charge on any atom is -0.306 e. The standard InChI is InChI=1S/C10H19N3S/c1-8(7-14-4)12-9(2)10-5-6-11-13(10)3/h5-6,8-9,12H,7H2,1-4H3. The van der Waals surface area contributed by atoms with Crippen LogP contribution in [0.1, 0.15) is 25.6 Å².